The second-order valence-corrected chi connectivity index (χ2v) is 5.40. The van der Waals surface area contributed by atoms with Crippen molar-refractivity contribution in [3.05, 3.63) is 63.9 Å². The molecule has 1 aromatic heterocycles. The standard InChI is InChI=1S/C15H12Cl2N2/c1-19-14-9-12(17)6-7-13(14)18-15(19)8-10-2-4-11(16)5-3-10/h2-7,9H,8H2,1H3. The Hall–Kier alpha value is -1.51. The molecule has 3 rings (SSSR count). The summed E-state index contributed by atoms with van der Waals surface area (Å²) in [6, 6.07) is 13.6. The highest BCUT2D eigenvalue weighted by molar-refractivity contribution is 6.31. The van der Waals surface area contributed by atoms with Crippen molar-refractivity contribution in [2.45, 2.75) is 6.42 Å². The van der Waals surface area contributed by atoms with Crippen LogP contribution in [-0.2, 0) is 13.5 Å². The van der Waals surface area contributed by atoms with Crippen LogP contribution < -0.4 is 0 Å². The van der Waals surface area contributed by atoms with Crippen LogP contribution in [0.3, 0.4) is 0 Å². The smallest absolute Gasteiger partial charge is 0.114 e. The fraction of sp³-hybridized carbons (Fsp3) is 0.133. The van der Waals surface area contributed by atoms with Crippen LogP contribution in [0.4, 0.5) is 0 Å². The summed E-state index contributed by atoms with van der Waals surface area (Å²) in [6.07, 6.45) is 0.778. The van der Waals surface area contributed by atoms with E-state index >= 15 is 0 Å². The van der Waals surface area contributed by atoms with Crippen molar-refractivity contribution in [3.63, 3.8) is 0 Å². The molecule has 0 radical (unpaired) electrons. The second-order valence-electron chi connectivity index (χ2n) is 4.52. The Balaban J connectivity index is 2.01. The van der Waals surface area contributed by atoms with E-state index in [0.717, 1.165) is 33.3 Å². The van der Waals surface area contributed by atoms with Gasteiger partial charge in [0.15, 0.2) is 0 Å². The molecule has 0 atom stereocenters. The molecule has 0 aliphatic heterocycles. The lowest BCUT2D eigenvalue weighted by molar-refractivity contribution is 0.845. The molecule has 2 nitrogen and oxygen atoms in total. The maximum Gasteiger partial charge on any atom is 0.114 e. The van der Waals surface area contributed by atoms with E-state index in [0.29, 0.717) is 0 Å². The zero-order chi connectivity index (χ0) is 13.4. The summed E-state index contributed by atoms with van der Waals surface area (Å²) in [5, 5.41) is 1.48. The third-order valence-corrected chi connectivity index (χ3v) is 3.70. The molecule has 0 bridgehead atoms. The average Bonchev–Trinajstić information content (AvgIpc) is 2.70. The van der Waals surface area contributed by atoms with E-state index in [1.807, 2.05) is 49.5 Å². The summed E-state index contributed by atoms with van der Waals surface area (Å²) in [7, 11) is 2.01. The number of hydrogen-bond donors (Lipinski definition) is 0. The van der Waals surface area contributed by atoms with Crippen molar-refractivity contribution < 1.29 is 0 Å². The van der Waals surface area contributed by atoms with E-state index in [4.69, 9.17) is 23.2 Å². The number of hydrogen-bond acceptors (Lipinski definition) is 1. The highest BCUT2D eigenvalue weighted by Gasteiger charge is 2.08. The molecule has 0 N–H and O–H groups in total. The third kappa shape index (κ3) is 2.46. The van der Waals surface area contributed by atoms with Gasteiger partial charge in [0.25, 0.3) is 0 Å². The van der Waals surface area contributed by atoms with Gasteiger partial charge in [0.05, 0.1) is 11.0 Å². The van der Waals surface area contributed by atoms with E-state index in [2.05, 4.69) is 9.55 Å². The molecule has 0 unspecified atom stereocenters. The van der Waals surface area contributed by atoms with Gasteiger partial charge in [-0.1, -0.05) is 35.3 Å². The first-order valence-corrected chi connectivity index (χ1v) is 6.74. The van der Waals surface area contributed by atoms with Gasteiger partial charge >= 0.3 is 0 Å². The molecule has 0 spiro atoms. The lowest BCUT2D eigenvalue weighted by atomic mass is 10.1. The third-order valence-electron chi connectivity index (χ3n) is 3.21. The van der Waals surface area contributed by atoms with Crippen LogP contribution in [0.1, 0.15) is 11.4 Å². The molecule has 0 amide bonds. The number of nitrogens with zero attached hydrogens (tertiary/aromatic N) is 2. The second kappa shape index (κ2) is 4.87. The molecule has 1 heterocycles. The molecule has 3 aromatic rings. The first-order valence-electron chi connectivity index (χ1n) is 5.99. The van der Waals surface area contributed by atoms with E-state index in [1.165, 1.54) is 5.56 Å². The monoisotopic (exact) mass is 290 g/mol. The van der Waals surface area contributed by atoms with Crippen LogP contribution in [0.5, 0.6) is 0 Å². The van der Waals surface area contributed by atoms with Crippen molar-refractivity contribution in [2.24, 2.45) is 7.05 Å². The topological polar surface area (TPSA) is 17.8 Å². The van der Waals surface area contributed by atoms with Gasteiger partial charge in [0.1, 0.15) is 5.82 Å². The average molecular weight is 291 g/mol. The van der Waals surface area contributed by atoms with E-state index in [9.17, 15) is 0 Å². The summed E-state index contributed by atoms with van der Waals surface area (Å²) in [4.78, 5) is 4.64. The minimum atomic E-state index is 0.730. The Morgan fingerprint density at radius 1 is 1.00 bits per heavy atom. The number of rotatable bonds is 2. The van der Waals surface area contributed by atoms with Gasteiger partial charge < -0.3 is 4.57 Å². The lowest BCUT2D eigenvalue weighted by Crippen LogP contribution is -1.98. The number of aromatic nitrogens is 2. The number of fused-ring (bicyclic) bond motifs is 1. The van der Waals surface area contributed by atoms with Gasteiger partial charge in [-0.05, 0) is 35.9 Å². The van der Waals surface area contributed by atoms with Crippen molar-refractivity contribution in [3.8, 4) is 0 Å². The minimum absolute atomic E-state index is 0.730. The summed E-state index contributed by atoms with van der Waals surface area (Å²) in [6.45, 7) is 0. The van der Waals surface area contributed by atoms with Crippen molar-refractivity contribution in [2.75, 3.05) is 0 Å². The predicted molar refractivity (Wildman–Crippen MR) is 80.0 cm³/mol. The first kappa shape index (κ1) is 12.5. The molecule has 4 heteroatoms. The van der Waals surface area contributed by atoms with Gasteiger partial charge in [-0.3, -0.25) is 0 Å². The van der Waals surface area contributed by atoms with Crippen LogP contribution in [0.2, 0.25) is 10.0 Å². The molecule has 0 aliphatic carbocycles. The van der Waals surface area contributed by atoms with Crippen molar-refractivity contribution >= 4 is 34.2 Å². The highest BCUT2D eigenvalue weighted by Crippen LogP contribution is 2.21. The fourth-order valence-corrected chi connectivity index (χ4v) is 2.45. The molecule has 2 aromatic carbocycles. The number of benzene rings is 2. The summed E-state index contributed by atoms with van der Waals surface area (Å²) in [5.74, 6) is 1.01. The van der Waals surface area contributed by atoms with Gasteiger partial charge in [-0.2, -0.15) is 0 Å². The number of halogens is 2. The zero-order valence-corrected chi connectivity index (χ0v) is 11.9. The summed E-state index contributed by atoms with van der Waals surface area (Å²) < 4.78 is 2.08. The molecule has 0 fully saturated rings. The van der Waals surface area contributed by atoms with E-state index in [-0.39, 0.29) is 0 Å². The fourth-order valence-electron chi connectivity index (χ4n) is 2.16. The Labute approximate surface area is 121 Å². The van der Waals surface area contributed by atoms with Gasteiger partial charge in [0, 0.05) is 23.5 Å². The highest BCUT2D eigenvalue weighted by atomic mass is 35.5. The van der Waals surface area contributed by atoms with Gasteiger partial charge in [-0.25, -0.2) is 4.98 Å². The number of aryl methyl sites for hydroxylation is 1. The Kier molecular flexibility index (Phi) is 3.21. The van der Waals surface area contributed by atoms with Gasteiger partial charge in [-0.15, -0.1) is 0 Å². The maximum absolute atomic E-state index is 6.02. The summed E-state index contributed by atoms with van der Waals surface area (Å²) in [5.41, 5.74) is 3.21. The van der Waals surface area contributed by atoms with E-state index < -0.39 is 0 Å². The molecule has 0 saturated carbocycles. The zero-order valence-electron chi connectivity index (χ0n) is 10.4. The van der Waals surface area contributed by atoms with Crippen LogP contribution >= 0.6 is 23.2 Å². The van der Waals surface area contributed by atoms with Crippen LogP contribution in [0.25, 0.3) is 11.0 Å². The quantitative estimate of drug-likeness (QED) is 0.681. The first-order chi connectivity index (χ1) is 9.13. The summed E-state index contributed by atoms with van der Waals surface area (Å²) >= 11 is 11.9. The maximum atomic E-state index is 6.02. The molecular formula is C15H12Cl2N2. The molecule has 0 aliphatic rings. The minimum Gasteiger partial charge on any atom is -0.331 e. The normalized spacial score (nSPS) is 11.1. The number of imidazole rings is 1. The molecular weight excluding hydrogens is 279 g/mol. The Bertz CT molecular complexity index is 730. The molecule has 19 heavy (non-hydrogen) atoms. The van der Waals surface area contributed by atoms with Crippen molar-refractivity contribution in [1.82, 2.24) is 9.55 Å². The Morgan fingerprint density at radius 3 is 2.42 bits per heavy atom. The van der Waals surface area contributed by atoms with E-state index in [1.54, 1.807) is 0 Å². The van der Waals surface area contributed by atoms with Crippen LogP contribution in [0, 0.1) is 0 Å². The van der Waals surface area contributed by atoms with Crippen LogP contribution in [-0.4, -0.2) is 9.55 Å². The molecule has 0 saturated heterocycles. The predicted octanol–water partition coefficient (Wildman–Crippen LogP) is 4.47. The van der Waals surface area contributed by atoms with Gasteiger partial charge in [0.2, 0.25) is 0 Å². The molecule has 96 valence electrons. The Morgan fingerprint density at radius 2 is 1.68 bits per heavy atom. The largest absolute Gasteiger partial charge is 0.331 e. The van der Waals surface area contributed by atoms with Crippen LogP contribution in [0.15, 0.2) is 42.5 Å². The lowest BCUT2D eigenvalue weighted by Gasteiger charge is -2.03. The van der Waals surface area contributed by atoms with Crippen molar-refractivity contribution in [1.29, 1.82) is 0 Å². The SMILES string of the molecule is Cn1c(Cc2ccc(Cl)cc2)nc2ccc(Cl)cc21.